The number of nitrogens with zero attached hydrogens (tertiary/aromatic N) is 7. The molecule has 0 bridgehead atoms. The van der Waals surface area contributed by atoms with Gasteiger partial charge in [-0.2, -0.15) is 0 Å². The molecule has 250 valence electrons. The fraction of sp³-hybridized carbons (Fsp3) is 0.389. The van der Waals surface area contributed by atoms with Gasteiger partial charge in [-0.05, 0) is 59.7 Å². The van der Waals surface area contributed by atoms with Gasteiger partial charge in [0.25, 0.3) is 11.1 Å². The molecule has 48 heavy (non-hydrogen) atoms. The second-order valence-electron chi connectivity index (χ2n) is 13.6. The highest BCUT2D eigenvalue weighted by Crippen LogP contribution is 2.37. The van der Waals surface area contributed by atoms with E-state index in [2.05, 4.69) is 38.9 Å². The number of anilines is 3. The van der Waals surface area contributed by atoms with Gasteiger partial charge >= 0.3 is 0 Å². The Morgan fingerprint density at radius 1 is 1.00 bits per heavy atom. The molecule has 5 aromatic rings. The van der Waals surface area contributed by atoms with Crippen LogP contribution >= 0.6 is 0 Å². The molecule has 5 aromatic heterocycles. The largest absolute Gasteiger partial charge is 0.392 e. The van der Waals surface area contributed by atoms with E-state index in [1.807, 2.05) is 35.0 Å². The van der Waals surface area contributed by atoms with E-state index >= 15 is 0 Å². The molecule has 2 aliphatic rings. The smallest absolute Gasteiger partial charge is 0.280 e. The van der Waals surface area contributed by atoms with Crippen molar-refractivity contribution in [1.29, 1.82) is 0 Å². The molecule has 0 atom stereocenters. The minimum atomic E-state index is -0.350. The third-order valence-electron chi connectivity index (χ3n) is 9.62. The number of hydrogen-bond donors (Lipinski definition) is 2. The summed E-state index contributed by atoms with van der Waals surface area (Å²) in [4.78, 5) is 40.9. The molecule has 12 nitrogen and oxygen atoms in total. The lowest BCUT2D eigenvalue weighted by atomic mass is 9.90. The molecule has 7 rings (SSSR count). The van der Waals surface area contributed by atoms with Gasteiger partial charge < -0.3 is 29.0 Å². The van der Waals surface area contributed by atoms with Crippen molar-refractivity contribution in [1.82, 2.24) is 28.4 Å². The van der Waals surface area contributed by atoms with E-state index in [0.717, 1.165) is 57.9 Å². The first-order chi connectivity index (χ1) is 23.2. The molecule has 6 heterocycles. The standard InChI is InChI=1S/C36H42N8O4/c1-36(2)19-24-18-30-35(47)44(14-13-43(30)31(24)20-36)33-28(23-45)27(7-8-37-33)25-17-29(34(46)40(3)22-25)39-32-6-5-26(21-38-32)42-11-9-41(10-12-42)15-16-48-4/h5-8,13-14,17-18,21-22,45H,9-12,15-16,19-20,23H2,1-4H3,(H,38,39). The fourth-order valence-electron chi connectivity index (χ4n) is 7.13. The monoisotopic (exact) mass is 650 g/mol. The number of ether oxygens (including phenoxy) is 1. The number of hydrogen-bond acceptors (Lipinski definition) is 9. The summed E-state index contributed by atoms with van der Waals surface area (Å²) in [5, 5.41) is 13.8. The van der Waals surface area contributed by atoms with Crippen LogP contribution in [0.1, 0.15) is 30.7 Å². The molecule has 2 N–H and O–H groups in total. The van der Waals surface area contributed by atoms with E-state index in [-0.39, 0.29) is 23.1 Å². The Hall–Kier alpha value is -4.78. The summed E-state index contributed by atoms with van der Waals surface area (Å²) in [5.41, 5.74) is 5.93. The van der Waals surface area contributed by atoms with Crippen LogP contribution in [0, 0.1) is 5.41 Å². The topological polar surface area (TPSA) is 122 Å². The first kappa shape index (κ1) is 31.8. The Balaban J connectivity index is 1.16. The predicted octanol–water partition coefficient (Wildman–Crippen LogP) is 3.38. The highest BCUT2D eigenvalue weighted by molar-refractivity contribution is 5.73. The predicted molar refractivity (Wildman–Crippen MR) is 187 cm³/mol. The zero-order chi connectivity index (χ0) is 33.6. The zero-order valence-electron chi connectivity index (χ0n) is 27.9. The van der Waals surface area contributed by atoms with Gasteiger partial charge in [0.1, 0.15) is 22.8 Å². The molecule has 0 spiro atoms. The number of rotatable bonds is 9. The maximum absolute atomic E-state index is 13.8. The number of aliphatic hydroxyl groups is 1. The van der Waals surface area contributed by atoms with Crippen LogP contribution in [0.15, 0.2) is 70.9 Å². The van der Waals surface area contributed by atoms with Crippen LogP contribution in [-0.2, 0) is 31.2 Å². The van der Waals surface area contributed by atoms with Crippen LogP contribution < -0.4 is 21.3 Å². The summed E-state index contributed by atoms with van der Waals surface area (Å²) in [7, 11) is 3.41. The molecule has 12 heteroatoms. The molecule has 0 unspecified atom stereocenters. The summed E-state index contributed by atoms with van der Waals surface area (Å²) in [6, 6.07) is 9.42. The molecule has 0 radical (unpaired) electrons. The zero-order valence-corrected chi connectivity index (χ0v) is 27.9. The summed E-state index contributed by atoms with van der Waals surface area (Å²) >= 11 is 0. The quantitative estimate of drug-likeness (QED) is 0.247. The minimum Gasteiger partial charge on any atom is -0.392 e. The molecule has 1 aliphatic heterocycles. The normalized spacial score (nSPS) is 16.1. The van der Waals surface area contributed by atoms with Crippen molar-refractivity contribution in [3.8, 4) is 16.9 Å². The van der Waals surface area contributed by atoms with E-state index in [1.54, 1.807) is 44.9 Å². The second kappa shape index (κ2) is 12.7. The van der Waals surface area contributed by atoms with Gasteiger partial charge in [0.2, 0.25) is 0 Å². The number of aryl methyl sites for hydroxylation is 1. The van der Waals surface area contributed by atoms with Gasteiger partial charge in [0, 0.05) is 88.5 Å². The van der Waals surface area contributed by atoms with Gasteiger partial charge in [-0.25, -0.2) is 9.97 Å². The van der Waals surface area contributed by atoms with Crippen molar-refractivity contribution < 1.29 is 9.84 Å². The number of aromatic nitrogens is 5. The maximum Gasteiger partial charge on any atom is 0.280 e. The Morgan fingerprint density at radius 3 is 2.54 bits per heavy atom. The van der Waals surface area contributed by atoms with E-state index in [1.165, 1.54) is 20.4 Å². The summed E-state index contributed by atoms with van der Waals surface area (Å²) in [5.74, 6) is 0.899. The average Bonchev–Trinajstić information content (AvgIpc) is 3.58. The van der Waals surface area contributed by atoms with Crippen molar-refractivity contribution in [2.75, 3.05) is 56.7 Å². The molecule has 1 fully saturated rings. The van der Waals surface area contributed by atoms with Crippen LogP contribution in [0.25, 0.3) is 22.5 Å². The van der Waals surface area contributed by atoms with Crippen molar-refractivity contribution >= 4 is 22.7 Å². The van der Waals surface area contributed by atoms with E-state index in [4.69, 9.17) is 4.74 Å². The van der Waals surface area contributed by atoms with Crippen LogP contribution in [0.3, 0.4) is 0 Å². The van der Waals surface area contributed by atoms with Crippen LogP contribution in [-0.4, -0.2) is 79.9 Å². The third-order valence-corrected chi connectivity index (χ3v) is 9.62. The van der Waals surface area contributed by atoms with Gasteiger partial charge in [-0.1, -0.05) is 13.8 Å². The number of piperazine rings is 1. The molecule has 1 saturated heterocycles. The van der Waals surface area contributed by atoms with Crippen molar-refractivity contribution in [3.63, 3.8) is 0 Å². The highest BCUT2D eigenvalue weighted by atomic mass is 16.5. The van der Waals surface area contributed by atoms with Crippen LogP contribution in [0.5, 0.6) is 0 Å². The van der Waals surface area contributed by atoms with Gasteiger partial charge in [-0.15, -0.1) is 0 Å². The van der Waals surface area contributed by atoms with Crippen molar-refractivity contribution in [2.45, 2.75) is 33.3 Å². The maximum atomic E-state index is 13.8. The lowest BCUT2D eigenvalue weighted by Crippen LogP contribution is -2.47. The van der Waals surface area contributed by atoms with E-state index < -0.39 is 0 Å². The third kappa shape index (κ3) is 5.91. The number of nitrogens with one attached hydrogen (secondary N) is 1. The Labute approximate surface area is 278 Å². The number of methoxy groups -OCH3 is 1. The summed E-state index contributed by atoms with van der Waals surface area (Å²) in [6.45, 7) is 9.55. The van der Waals surface area contributed by atoms with Gasteiger partial charge in [-0.3, -0.25) is 19.1 Å². The number of pyridine rings is 3. The van der Waals surface area contributed by atoms with Crippen molar-refractivity contribution in [3.05, 3.63) is 98.8 Å². The fourth-order valence-corrected chi connectivity index (χ4v) is 7.13. The summed E-state index contributed by atoms with van der Waals surface area (Å²) in [6.07, 6.45) is 10.6. The molecular formula is C36H42N8O4. The average molecular weight is 651 g/mol. The van der Waals surface area contributed by atoms with Crippen LogP contribution in [0.4, 0.5) is 17.2 Å². The molecule has 0 amide bonds. The van der Waals surface area contributed by atoms with E-state index in [0.29, 0.717) is 39.5 Å². The Morgan fingerprint density at radius 2 is 1.81 bits per heavy atom. The Kier molecular flexibility index (Phi) is 8.40. The lowest BCUT2D eigenvalue weighted by molar-refractivity contribution is 0.144. The summed E-state index contributed by atoms with van der Waals surface area (Å²) < 4.78 is 10.2. The molecule has 0 saturated carbocycles. The SMILES string of the molecule is COCCN1CCN(c2ccc(Nc3cc(-c4ccnc(-n5ccn6c7c(cc6c5=O)CC(C)(C)C7)c4CO)cn(C)c3=O)nc2)CC1. The van der Waals surface area contributed by atoms with E-state index in [9.17, 15) is 14.7 Å². The number of aliphatic hydroxyl groups excluding tert-OH is 1. The van der Waals surface area contributed by atoms with Gasteiger partial charge in [0.15, 0.2) is 0 Å². The van der Waals surface area contributed by atoms with Gasteiger partial charge in [0.05, 0.1) is 25.1 Å². The first-order valence-corrected chi connectivity index (χ1v) is 16.4. The second-order valence-corrected chi connectivity index (χ2v) is 13.6. The first-order valence-electron chi connectivity index (χ1n) is 16.4. The molecule has 0 aromatic carbocycles. The number of fused-ring (bicyclic) bond motifs is 3. The lowest BCUT2D eigenvalue weighted by Gasteiger charge is -2.35. The van der Waals surface area contributed by atoms with Crippen molar-refractivity contribution in [2.24, 2.45) is 12.5 Å². The minimum absolute atomic E-state index is 0.171. The highest BCUT2D eigenvalue weighted by Gasteiger charge is 2.32. The van der Waals surface area contributed by atoms with Crippen LogP contribution in [0.2, 0.25) is 0 Å². The molecule has 1 aliphatic carbocycles. The Bertz CT molecular complexity index is 2090. The molecular weight excluding hydrogens is 608 g/mol.